The van der Waals surface area contributed by atoms with E-state index in [-0.39, 0.29) is 12.0 Å². The number of amides is 1. The van der Waals surface area contributed by atoms with E-state index in [9.17, 15) is 4.79 Å². The smallest absolute Gasteiger partial charge is 0.271 e. The molecule has 0 bridgehead atoms. The van der Waals surface area contributed by atoms with Gasteiger partial charge in [0.05, 0.1) is 30.1 Å². The van der Waals surface area contributed by atoms with E-state index >= 15 is 0 Å². The summed E-state index contributed by atoms with van der Waals surface area (Å²) in [7, 11) is 0. The molecule has 2 fully saturated rings. The Balaban J connectivity index is 1.31. The van der Waals surface area contributed by atoms with Crippen molar-refractivity contribution in [1.29, 1.82) is 0 Å². The van der Waals surface area contributed by atoms with Gasteiger partial charge in [0.15, 0.2) is 0 Å². The van der Waals surface area contributed by atoms with Crippen LogP contribution in [0, 0.1) is 18.8 Å². The third-order valence-corrected chi connectivity index (χ3v) is 5.97. The number of nitrogens with zero attached hydrogens (tertiary/aromatic N) is 4. The summed E-state index contributed by atoms with van der Waals surface area (Å²) in [5.74, 6) is 0.639. The van der Waals surface area contributed by atoms with Gasteiger partial charge in [-0.3, -0.25) is 14.7 Å². The van der Waals surface area contributed by atoms with E-state index in [0.717, 1.165) is 25.3 Å². The Labute approximate surface area is 150 Å². The number of rotatable bonds is 5. The summed E-state index contributed by atoms with van der Waals surface area (Å²) >= 11 is 1.71. The fourth-order valence-electron chi connectivity index (χ4n) is 3.63. The Hall–Kier alpha value is -1.90. The molecule has 132 valence electrons. The van der Waals surface area contributed by atoms with E-state index in [0.29, 0.717) is 30.7 Å². The average Bonchev–Trinajstić information content (AvgIpc) is 3.31. The first-order valence-corrected chi connectivity index (χ1v) is 9.36. The highest BCUT2D eigenvalue weighted by Gasteiger charge is 2.43. The minimum absolute atomic E-state index is 0.174. The number of fused-ring (bicyclic) bond motifs is 1. The van der Waals surface area contributed by atoms with Gasteiger partial charge in [0.25, 0.3) is 5.91 Å². The van der Waals surface area contributed by atoms with Crippen LogP contribution < -0.4 is 5.32 Å². The van der Waals surface area contributed by atoms with E-state index in [1.807, 2.05) is 5.51 Å². The summed E-state index contributed by atoms with van der Waals surface area (Å²) < 4.78 is 5.97. The summed E-state index contributed by atoms with van der Waals surface area (Å²) in [5.41, 5.74) is 3.38. The average molecular weight is 359 g/mol. The van der Waals surface area contributed by atoms with Gasteiger partial charge in [-0.15, -0.1) is 11.3 Å². The number of carbonyl (C=O) groups is 1. The van der Waals surface area contributed by atoms with Crippen molar-refractivity contribution < 1.29 is 9.53 Å². The molecule has 0 aromatic carbocycles. The molecule has 4 rings (SSSR count). The van der Waals surface area contributed by atoms with E-state index < -0.39 is 0 Å². The zero-order valence-electron chi connectivity index (χ0n) is 14.1. The van der Waals surface area contributed by atoms with Crippen molar-refractivity contribution in [3.8, 4) is 0 Å². The Morgan fingerprint density at radius 3 is 3.08 bits per heavy atom. The van der Waals surface area contributed by atoms with Crippen LogP contribution in [0.1, 0.15) is 21.1 Å². The number of carbonyl (C=O) groups excluding carboxylic acids is 1. The maximum Gasteiger partial charge on any atom is 0.271 e. The van der Waals surface area contributed by atoms with Crippen LogP contribution >= 0.6 is 11.3 Å². The molecule has 1 amide bonds. The summed E-state index contributed by atoms with van der Waals surface area (Å²) in [4.78, 5) is 28.2. The molecule has 2 aromatic heterocycles. The molecule has 2 aromatic rings. The maximum atomic E-state index is 12.1. The van der Waals surface area contributed by atoms with Crippen LogP contribution in [0.4, 0.5) is 0 Å². The van der Waals surface area contributed by atoms with E-state index in [4.69, 9.17) is 4.74 Å². The Morgan fingerprint density at radius 2 is 2.32 bits per heavy atom. The molecule has 0 aliphatic carbocycles. The molecule has 1 N–H and O–H groups in total. The van der Waals surface area contributed by atoms with E-state index in [2.05, 4.69) is 32.1 Å². The van der Waals surface area contributed by atoms with Crippen LogP contribution in [-0.2, 0) is 11.3 Å². The SMILES string of the molecule is Cc1ncsc1CN1C[C@@H]2[C@H](CNC(=O)c3cnccn3)CO[C@@H]2C1. The molecule has 8 heteroatoms. The number of thiazole rings is 1. The van der Waals surface area contributed by atoms with Gasteiger partial charge in [-0.05, 0) is 6.92 Å². The number of hydrogen-bond donors (Lipinski definition) is 1. The number of ether oxygens (including phenoxy) is 1. The lowest BCUT2D eigenvalue weighted by Gasteiger charge is -2.19. The fourth-order valence-corrected chi connectivity index (χ4v) is 4.45. The molecule has 25 heavy (non-hydrogen) atoms. The summed E-state index contributed by atoms with van der Waals surface area (Å²) in [6, 6.07) is 0. The van der Waals surface area contributed by atoms with Crippen molar-refractivity contribution in [2.24, 2.45) is 11.8 Å². The predicted molar refractivity (Wildman–Crippen MR) is 93.2 cm³/mol. The second-order valence-corrected chi connectivity index (χ2v) is 7.59. The topological polar surface area (TPSA) is 80.2 Å². The Morgan fingerprint density at radius 1 is 1.40 bits per heavy atom. The highest BCUT2D eigenvalue weighted by Crippen LogP contribution is 2.34. The monoisotopic (exact) mass is 359 g/mol. The predicted octanol–water partition coefficient (Wildman–Crippen LogP) is 1.12. The highest BCUT2D eigenvalue weighted by molar-refractivity contribution is 7.09. The summed E-state index contributed by atoms with van der Waals surface area (Å²) in [6.07, 6.45) is 4.84. The summed E-state index contributed by atoms with van der Waals surface area (Å²) in [6.45, 7) is 6.29. The van der Waals surface area contributed by atoms with Gasteiger partial charge in [0, 0.05) is 55.3 Å². The first kappa shape index (κ1) is 16.6. The van der Waals surface area contributed by atoms with Gasteiger partial charge in [0.1, 0.15) is 5.69 Å². The van der Waals surface area contributed by atoms with Crippen molar-refractivity contribution in [3.05, 3.63) is 40.4 Å². The standard InChI is InChI=1S/C17H21N5O2S/c1-11-16(25-10-21-11)8-22-6-13-12(9-24-15(13)7-22)4-20-17(23)14-5-18-2-3-19-14/h2-3,5,10,12-13,15H,4,6-9H2,1H3,(H,20,23)/t12-,13-,15-/m1/s1. The molecule has 7 nitrogen and oxygen atoms in total. The molecule has 4 heterocycles. The second-order valence-electron chi connectivity index (χ2n) is 6.65. The third kappa shape index (κ3) is 3.56. The molecule has 2 saturated heterocycles. The lowest BCUT2D eigenvalue weighted by molar-refractivity contribution is 0.0901. The number of nitrogens with one attached hydrogen (secondary N) is 1. The third-order valence-electron chi connectivity index (χ3n) is 5.05. The first-order chi connectivity index (χ1) is 12.2. The lowest BCUT2D eigenvalue weighted by Crippen LogP contribution is -2.34. The Kier molecular flexibility index (Phi) is 4.74. The highest BCUT2D eigenvalue weighted by atomic mass is 32.1. The lowest BCUT2D eigenvalue weighted by atomic mass is 9.93. The molecule has 2 aliphatic rings. The van der Waals surface area contributed by atoms with Crippen LogP contribution in [0.15, 0.2) is 24.1 Å². The van der Waals surface area contributed by atoms with Crippen molar-refractivity contribution in [2.45, 2.75) is 19.6 Å². The molecular formula is C17H21N5O2S. The largest absolute Gasteiger partial charge is 0.376 e. The minimum atomic E-state index is -0.174. The molecule has 0 saturated carbocycles. The molecule has 0 unspecified atom stereocenters. The van der Waals surface area contributed by atoms with Crippen LogP contribution in [0.3, 0.4) is 0 Å². The van der Waals surface area contributed by atoms with Gasteiger partial charge >= 0.3 is 0 Å². The Bertz CT molecular complexity index is 738. The van der Waals surface area contributed by atoms with E-state index in [1.165, 1.54) is 17.3 Å². The van der Waals surface area contributed by atoms with Gasteiger partial charge in [-0.1, -0.05) is 0 Å². The second kappa shape index (κ2) is 7.15. The maximum absolute atomic E-state index is 12.1. The fraction of sp³-hybridized carbons (Fsp3) is 0.529. The molecular weight excluding hydrogens is 338 g/mol. The number of likely N-dealkylation sites (tertiary alicyclic amines) is 1. The molecule has 0 radical (unpaired) electrons. The van der Waals surface area contributed by atoms with Crippen LogP contribution in [0.25, 0.3) is 0 Å². The normalized spacial score (nSPS) is 25.9. The molecule has 0 spiro atoms. The van der Waals surface area contributed by atoms with Crippen molar-refractivity contribution >= 4 is 17.2 Å². The van der Waals surface area contributed by atoms with Crippen LogP contribution in [0.5, 0.6) is 0 Å². The quantitative estimate of drug-likeness (QED) is 0.862. The van der Waals surface area contributed by atoms with Gasteiger partial charge in [0.2, 0.25) is 0 Å². The minimum Gasteiger partial charge on any atom is -0.376 e. The molecule has 3 atom stereocenters. The molecule has 2 aliphatic heterocycles. The number of aromatic nitrogens is 3. The van der Waals surface area contributed by atoms with Crippen LogP contribution in [-0.4, -0.2) is 58.1 Å². The van der Waals surface area contributed by atoms with Gasteiger partial charge in [-0.25, -0.2) is 9.97 Å². The van der Waals surface area contributed by atoms with E-state index in [1.54, 1.807) is 17.5 Å². The number of hydrogen-bond acceptors (Lipinski definition) is 7. The first-order valence-electron chi connectivity index (χ1n) is 8.48. The van der Waals surface area contributed by atoms with Crippen LogP contribution in [0.2, 0.25) is 0 Å². The van der Waals surface area contributed by atoms with Crippen molar-refractivity contribution in [1.82, 2.24) is 25.2 Å². The van der Waals surface area contributed by atoms with Crippen molar-refractivity contribution in [3.63, 3.8) is 0 Å². The zero-order valence-corrected chi connectivity index (χ0v) is 14.9. The van der Waals surface area contributed by atoms with Crippen molar-refractivity contribution in [2.75, 3.05) is 26.2 Å². The summed E-state index contributed by atoms with van der Waals surface area (Å²) in [5, 5.41) is 2.98. The zero-order chi connectivity index (χ0) is 17.2. The van der Waals surface area contributed by atoms with Gasteiger partial charge in [-0.2, -0.15) is 0 Å². The van der Waals surface area contributed by atoms with Gasteiger partial charge < -0.3 is 10.1 Å². The number of aryl methyl sites for hydroxylation is 1.